The van der Waals surface area contributed by atoms with Crippen molar-refractivity contribution in [3.8, 4) is 6.07 Å². The molecular formula is C18H23NO2. The topological polar surface area (TPSA) is 50.1 Å². The minimum Gasteiger partial charge on any atom is -0.457 e. The molecule has 0 unspecified atom stereocenters. The highest BCUT2D eigenvalue weighted by atomic mass is 16.6. The van der Waals surface area contributed by atoms with E-state index in [0.717, 1.165) is 6.08 Å². The maximum atomic E-state index is 10.5. The number of hydrogen-bond acceptors (Lipinski definition) is 3. The van der Waals surface area contributed by atoms with Crippen molar-refractivity contribution in [3.05, 3.63) is 67.8 Å². The van der Waals surface area contributed by atoms with Crippen molar-refractivity contribution in [3.63, 3.8) is 0 Å². The molecule has 0 bridgehead atoms. The summed E-state index contributed by atoms with van der Waals surface area (Å²) < 4.78 is 4.83. The fourth-order valence-electron chi connectivity index (χ4n) is 0.933. The maximum absolute atomic E-state index is 10.5. The highest BCUT2D eigenvalue weighted by Crippen LogP contribution is 2.06. The summed E-state index contributed by atoms with van der Waals surface area (Å²) in [5, 5.41) is 7.51. The van der Waals surface area contributed by atoms with E-state index in [4.69, 9.17) is 10.00 Å². The predicted molar refractivity (Wildman–Crippen MR) is 88.4 cm³/mol. The summed E-state index contributed by atoms with van der Waals surface area (Å²) in [5.41, 5.74) is 0.776. The zero-order valence-electron chi connectivity index (χ0n) is 13.0. The van der Waals surface area contributed by atoms with Gasteiger partial charge in [-0.1, -0.05) is 56.1 Å². The van der Waals surface area contributed by atoms with Crippen LogP contribution in [0.1, 0.15) is 26.3 Å². The summed E-state index contributed by atoms with van der Waals surface area (Å²) >= 11 is 0. The Bertz CT molecular complexity index is 476. The smallest absolute Gasteiger partial charge is 0.330 e. The van der Waals surface area contributed by atoms with Crippen molar-refractivity contribution in [2.45, 2.75) is 26.4 Å². The van der Waals surface area contributed by atoms with Crippen molar-refractivity contribution in [1.82, 2.24) is 0 Å². The van der Waals surface area contributed by atoms with Gasteiger partial charge in [0.2, 0.25) is 0 Å². The molecule has 0 radical (unpaired) electrons. The van der Waals surface area contributed by atoms with E-state index in [-0.39, 0.29) is 5.97 Å². The molecule has 0 fully saturated rings. The highest BCUT2D eigenvalue weighted by molar-refractivity contribution is 5.81. The SMILES string of the molecule is C=CC#N.C=CC(=O)OC(C)(C)C.C=Cc1ccccc1. The lowest BCUT2D eigenvalue weighted by atomic mass is 10.2. The molecule has 3 nitrogen and oxygen atoms in total. The summed E-state index contributed by atoms with van der Waals surface area (Å²) in [6.45, 7) is 15.5. The molecule has 0 spiro atoms. The van der Waals surface area contributed by atoms with E-state index in [1.165, 1.54) is 11.6 Å². The number of allylic oxidation sites excluding steroid dienone is 1. The number of hydrogen-bond donors (Lipinski definition) is 0. The van der Waals surface area contributed by atoms with Crippen LogP contribution in [0.2, 0.25) is 0 Å². The fraction of sp³-hybridized carbons (Fsp3) is 0.222. The molecule has 21 heavy (non-hydrogen) atoms. The van der Waals surface area contributed by atoms with Gasteiger partial charge in [-0.3, -0.25) is 0 Å². The first-order valence-electron chi connectivity index (χ1n) is 6.34. The van der Waals surface area contributed by atoms with Crippen molar-refractivity contribution in [2.24, 2.45) is 0 Å². The first kappa shape index (κ1) is 20.7. The van der Waals surface area contributed by atoms with Crippen LogP contribution in [-0.2, 0) is 9.53 Å². The Morgan fingerprint density at radius 1 is 1.19 bits per heavy atom. The van der Waals surface area contributed by atoms with E-state index in [9.17, 15) is 4.79 Å². The van der Waals surface area contributed by atoms with E-state index in [2.05, 4.69) is 19.7 Å². The van der Waals surface area contributed by atoms with Crippen molar-refractivity contribution < 1.29 is 9.53 Å². The Morgan fingerprint density at radius 2 is 1.67 bits per heavy atom. The number of nitriles is 1. The van der Waals surface area contributed by atoms with E-state index >= 15 is 0 Å². The Kier molecular flexibility index (Phi) is 12.3. The van der Waals surface area contributed by atoms with Gasteiger partial charge in [0.25, 0.3) is 0 Å². The van der Waals surface area contributed by atoms with Crippen LogP contribution in [0.3, 0.4) is 0 Å². The Labute approximate surface area is 127 Å². The van der Waals surface area contributed by atoms with Gasteiger partial charge in [0, 0.05) is 12.2 Å². The van der Waals surface area contributed by atoms with E-state index in [0.29, 0.717) is 0 Å². The molecule has 3 heteroatoms. The van der Waals surface area contributed by atoms with Gasteiger partial charge in [-0.05, 0) is 26.3 Å². The Hall–Kier alpha value is -2.60. The van der Waals surface area contributed by atoms with Crippen LogP contribution in [0.4, 0.5) is 0 Å². The van der Waals surface area contributed by atoms with Crippen LogP contribution in [0.5, 0.6) is 0 Å². The number of carbonyl (C=O) groups excluding carboxylic acids is 1. The van der Waals surface area contributed by atoms with Crippen LogP contribution in [-0.4, -0.2) is 11.6 Å². The zero-order chi connectivity index (χ0) is 16.7. The number of rotatable bonds is 2. The van der Waals surface area contributed by atoms with Gasteiger partial charge < -0.3 is 4.74 Å². The summed E-state index contributed by atoms with van der Waals surface area (Å²) in [5.74, 6) is -0.373. The molecular weight excluding hydrogens is 262 g/mol. The highest BCUT2D eigenvalue weighted by Gasteiger charge is 2.12. The van der Waals surface area contributed by atoms with Gasteiger partial charge in [-0.15, -0.1) is 0 Å². The minimum absolute atomic E-state index is 0.373. The second kappa shape index (κ2) is 12.4. The first-order chi connectivity index (χ1) is 9.80. The number of ether oxygens (including phenoxy) is 1. The molecule has 1 aromatic rings. The molecule has 0 aromatic heterocycles. The average Bonchev–Trinajstić information content (AvgIpc) is 2.47. The van der Waals surface area contributed by atoms with Gasteiger partial charge in [-0.25, -0.2) is 4.79 Å². The average molecular weight is 285 g/mol. The number of nitrogens with zero attached hydrogens (tertiary/aromatic N) is 1. The molecule has 0 aliphatic carbocycles. The third kappa shape index (κ3) is 17.4. The van der Waals surface area contributed by atoms with Gasteiger partial charge >= 0.3 is 5.97 Å². The zero-order valence-corrected chi connectivity index (χ0v) is 13.0. The largest absolute Gasteiger partial charge is 0.457 e. The summed E-state index contributed by atoms with van der Waals surface area (Å²) in [7, 11) is 0. The van der Waals surface area contributed by atoms with E-state index in [1.54, 1.807) is 6.07 Å². The molecule has 0 atom stereocenters. The maximum Gasteiger partial charge on any atom is 0.330 e. The van der Waals surface area contributed by atoms with Crippen LogP contribution in [0.15, 0.2) is 62.2 Å². The number of carbonyl (C=O) groups is 1. The normalized spacial score (nSPS) is 8.48. The monoisotopic (exact) mass is 285 g/mol. The molecule has 0 saturated heterocycles. The van der Waals surface area contributed by atoms with Gasteiger partial charge in [-0.2, -0.15) is 5.26 Å². The lowest BCUT2D eigenvalue weighted by Gasteiger charge is -2.17. The molecule has 0 aliphatic rings. The summed E-state index contributed by atoms with van der Waals surface area (Å²) in [4.78, 5) is 10.5. The molecule has 0 amide bonds. The van der Waals surface area contributed by atoms with Crippen LogP contribution < -0.4 is 0 Å². The second-order valence-electron chi connectivity index (χ2n) is 4.69. The molecule has 1 aromatic carbocycles. The van der Waals surface area contributed by atoms with Crippen LogP contribution in [0, 0.1) is 11.3 Å². The Morgan fingerprint density at radius 3 is 1.86 bits per heavy atom. The molecule has 0 N–H and O–H groups in total. The third-order valence-electron chi connectivity index (χ3n) is 1.70. The lowest BCUT2D eigenvalue weighted by molar-refractivity contribution is -0.148. The fourth-order valence-corrected chi connectivity index (χ4v) is 0.933. The summed E-state index contributed by atoms with van der Waals surface area (Å²) in [6.07, 6.45) is 4.17. The van der Waals surface area contributed by atoms with E-state index < -0.39 is 5.60 Å². The van der Waals surface area contributed by atoms with E-state index in [1.807, 2.05) is 57.2 Å². The van der Waals surface area contributed by atoms with Crippen molar-refractivity contribution in [2.75, 3.05) is 0 Å². The Balaban J connectivity index is 0. The van der Waals surface area contributed by atoms with Crippen molar-refractivity contribution in [1.29, 1.82) is 5.26 Å². The second-order valence-corrected chi connectivity index (χ2v) is 4.69. The standard InChI is InChI=1S/C8H8.C7H12O2.C3H3N/c1-2-8-6-4-3-5-7-8;1-5-6(8)9-7(2,3)4;1-2-3-4/h2-7H,1H2;5H,1H2,2-4H3;2H,1H2. The quantitative estimate of drug-likeness (QED) is 0.455. The van der Waals surface area contributed by atoms with Crippen LogP contribution >= 0.6 is 0 Å². The third-order valence-corrected chi connectivity index (χ3v) is 1.70. The molecule has 0 aliphatic heterocycles. The lowest BCUT2D eigenvalue weighted by Crippen LogP contribution is -2.22. The molecule has 1 rings (SSSR count). The van der Waals surface area contributed by atoms with Crippen LogP contribution in [0.25, 0.3) is 6.08 Å². The number of benzene rings is 1. The van der Waals surface area contributed by atoms with Gasteiger partial charge in [0.05, 0.1) is 6.07 Å². The van der Waals surface area contributed by atoms with Gasteiger partial charge in [0.1, 0.15) is 5.60 Å². The first-order valence-corrected chi connectivity index (χ1v) is 6.34. The molecule has 0 saturated carbocycles. The van der Waals surface area contributed by atoms with Crippen molar-refractivity contribution >= 4 is 12.0 Å². The molecule has 0 heterocycles. The predicted octanol–water partition coefficient (Wildman–Crippen LogP) is 4.54. The summed E-state index contributed by atoms with van der Waals surface area (Å²) in [6, 6.07) is 11.7. The number of esters is 1. The molecule has 112 valence electrons. The minimum atomic E-state index is -0.398. The van der Waals surface area contributed by atoms with Gasteiger partial charge in [0.15, 0.2) is 0 Å².